The van der Waals surface area contributed by atoms with E-state index in [0.717, 1.165) is 29.7 Å². The zero-order valence-corrected chi connectivity index (χ0v) is 14.3. The van der Waals surface area contributed by atoms with Crippen LogP contribution in [0.15, 0.2) is 39.4 Å². The molecule has 120 valence electrons. The lowest BCUT2D eigenvalue weighted by atomic mass is 9.84. The Morgan fingerprint density at radius 2 is 2.17 bits per heavy atom. The molecule has 6 heteroatoms. The average molecular weight is 376 g/mol. The highest BCUT2D eigenvalue weighted by Gasteiger charge is 2.35. The molecule has 23 heavy (non-hydrogen) atoms. The monoisotopic (exact) mass is 375 g/mol. The zero-order valence-electron chi connectivity index (χ0n) is 12.7. The predicted octanol–water partition coefficient (Wildman–Crippen LogP) is 2.93. The third kappa shape index (κ3) is 3.05. The van der Waals surface area contributed by atoms with Crippen molar-refractivity contribution < 1.29 is 9.21 Å². The van der Waals surface area contributed by atoms with E-state index in [-0.39, 0.29) is 17.8 Å². The first-order valence-corrected chi connectivity index (χ1v) is 8.73. The van der Waals surface area contributed by atoms with Gasteiger partial charge in [0.15, 0.2) is 5.76 Å². The van der Waals surface area contributed by atoms with Crippen molar-refractivity contribution in [3.63, 3.8) is 0 Å². The summed E-state index contributed by atoms with van der Waals surface area (Å²) in [5.74, 6) is 1.11. The molecule has 3 aliphatic heterocycles. The molecule has 2 bridgehead atoms. The van der Waals surface area contributed by atoms with Gasteiger partial charge in [-0.3, -0.25) is 4.79 Å². The molecule has 5 rings (SSSR count). The summed E-state index contributed by atoms with van der Waals surface area (Å²) in [5, 5.41) is 3.10. The van der Waals surface area contributed by atoms with Gasteiger partial charge in [-0.25, -0.2) is 4.98 Å². The number of piperidine rings is 3. The van der Waals surface area contributed by atoms with E-state index in [4.69, 9.17) is 4.42 Å². The van der Waals surface area contributed by atoms with Crippen molar-refractivity contribution in [1.82, 2.24) is 15.2 Å². The van der Waals surface area contributed by atoms with Gasteiger partial charge in [0.05, 0.1) is 6.20 Å². The second-order valence-corrected chi connectivity index (χ2v) is 7.17. The molecule has 1 aromatic heterocycles. The highest BCUT2D eigenvalue weighted by molar-refractivity contribution is 9.10. The maximum absolute atomic E-state index is 12.4. The summed E-state index contributed by atoms with van der Waals surface area (Å²) in [6, 6.07) is 7.96. The Hall–Kier alpha value is -1.66. The lowest BCUT2D eigenvalue weighted by Crippen LogP contribution is -2.57. The molecule has 2 aromatic rings. The molecule has 0 radical (unpaired) electrons. The van der Waals surface area contributed by atoms with Crippen molar-refractivity contribution in [3.8, 4) is 11.3 Å². The van der Waals surface area contributed by atoms with E-state index in [9.17, 15) is 4.79 Å². The van der Waals surface area contributed by atoms with Gasteiger partial charge >= 0.3 is 5.91 Å². The number of hydrogen-bond acceptors (Lipinski definition) is 4. The second kappa shape index (κ2) is 6.09. The van der Waals surface area contributed by atoms with E-state index < -0.39 is 0 Å². The Morgan fingerprint density at radius 1 is 1.35 bits per heavy atom. The molecular weight excluding hydrogens is 358 g/mol. The van der Waals surface area contributed by atoms with E-state index in [0.29, 0.717) is 11.7 Å². The molecule has 0 unspecified atom stereocenters. The fourth-order valence-electron chi connectivity index (χ4n) is 3.51. The summed E-state index contributed by atoms with van der Waals surface area (Å²) in [5.41, 5.74) is 0.897. The average Bonchev–Trinajstić information content (AvgIpc) is 3.06. The Morgan fingerprint density at radius 3 is 2.87 bits per heavy atom. The minimum atomic E-state index is -0.218. The highest BCUT2D eigenvalue weighted by Crippen LogP contribution is 2.28. The third-order valence-electron chi connectivity index (χ3n) is 4.78. The van der Waals surface area contributed by atoms with Gasteiger partial charge in [-0.1, -0.05) is 28.1 Å². The minimum Gasteiger partial charge on any atom is -0.432 e. The lowest BCUT2D eigenvalue weighted by Gasteiger charge is -2.44. The molecule has 1 atom stereocenters. The maximum Gasteiger partial charge on any atom is 0.307 e. The second-order valence-electron chi connectivity index (χ2n) is 6.26. The minimum absolute atomic E-state index is 0.136. The van der Waals surface area contributed by atoms with Crippen molar-refractivity contribution in [3.05, 3.63) is 40.8 Å². The molecule has 3 fully saturated rings. The van der Waals surface area contributed by atoms with E-state index in [2.05, 4.69) is 31.1 Å². The molecule has 1 aromatic carbocycles. The van der Waals surface area contributed by atoms with Crippen LogP contribution < -0.4 is 5.32 Å². The van der Waals surface area contributed by atoms with Crippen LogP contribution in [0, 0.1) is 5.92 Å². The first-order chi connectivity index (χ1) is 11.2. The topological polar surface area (TPSA) is 58.4 Å². The number of amides is 1. The molecule has 4 heterocycles. The highest BCUT2D eigenvalue weighted by atomic mass is 79.9. The lowest BCUT2D eigenvalue weighted by molar-refractivity contribution is 0.0602. The number of halogens is 1. The van der Waals surface area contributed by atoms with E-state index in [1.165, 1.54) is 12.8 Å². The van der Waals surface area contributed by atoms with Gasteiger partial charge in [0.25, 0.3) is 5.89 Å². The summed E-state index contributed by atoms with van der Waals surface area (Å²) in [6.07, 6.45) is 3.94. The number of carbonyl (C=O) groups excluding carboxylic acids is 1. The number of nitrogens with one attached hydrogen (secondary N) is 1. The fourth-order valence-corrected chi connectivity index (χ4v) is 3.91. The summed E-state index contributed by atoms with van der Waals surface area (Å²) in [7, 11) is 0. The van der Waals surface area contributed by atoms with Gasteiger partial charge in [0, 0.05) is 22.6 Å². The van der Waals surface area contributed by atoms with Crippen molar-refractivity contribution in [2.45, 2.75) is 18.9 Å². The predicted molar refractivity (Wildman–Crippen MR) is 90.1 cm³/mol. The number of oxazole rings is 1. The quantitative estimate of drug-likeness (QED) is 0.895. The van der Waals surface area contributed by atoms with Crippen LogP contribution in [-0.2, 0) is 0 Å². The molecule has 1 amide bonds. The Bertz CT molecular complexity index is 722. The summed E-state index contributed by atoms with van der Waals surface area (Å²) in [6.45, 7) is 3.25. The van der Waals surface area contributed by atoms with Gasteiger partial charge in [0.1, 0.15) is 0 Å². The smallest absolute Gasteiger partial charge is 0.307 e. The van der Waals surface area contributed by atoms with Crippen LogP contribution in [0.5, 0.6) is 0 Å². The Balaban J connectivity index is 1.47. The largest absolute Gasteiger partial charge is 0.432 e. The number of fused-ring (bicyclic) bond motifs is 3. The van der Waals surface area contributed by atoms with Crippen molar-refractivity contribution in [2.75, 3.05) is 19.6 Å². The molecular formula is C17H18BrN3O2. The summed E-state index contributed by atoms with van der Waals surface area (Å²) in [4.78, 5) is 19.0. The summed E-state index contributed by atoms with van der Waals surface area (Å²) >= 11 is 3.43. The first-order valence-electron chi connectivity index (χ1n) is 7.94. The van der Waals surface area contributed by atoms with Crippen LogP contribution in [0.2, 0.25) is 0 Å². The van der Waals surface area contributed by atoms with Crippen LogP contribution in [0.4, 0.5) is 0 Å². The maximum atomic E-state index is 12.4. The molecule has 0 saturated carbocycles. The number of aromatic nitrogens is 1. The van der Waals surface area contributed by atoms with Crippen molar-refractivity contribution in [1.29, 1.82) is 0 Å². The van der Waals surface area contributed by atoms with Crippen LogP contribution in [0.1, 0.15) is 23.5 Å². The molecule has 3 saturated heterocycles. The van der Waals surface area contributed by atoms with Crippen LogP contribution >= 0.6 is 15.9 Å². The molecule has 0 spiro atoms. The Kier molecular flexibility index (Phi) is 3.95. The van der Waals surface area contributed by atoms with E-state index in [1.807, 2.05) is 24.3 Å². The Labute approximate surface area is 143 Å². The standard InChI is InChI=1S/C17H18BrN3O2/c18-13-3-1-2-12(8-13)15-9-19-17(23-15)16(22)20-14-10-21-6-4-11(14)5-7-21/h1-3,8-9,11,14H,4-7,10H2,(H,20,22)/t14-/m0/s1. The SMILES string of the molecule is O=C(N[C@H]1CN2CCC1CC2)c1ncc(-c2cccc(Br)c2)o1. The molecule has 3 aliphatic rings. The van der Waals surface area contributed by atoms with Crippen molar-refractivity contribution >= 4 is 21.8 Å². The molecule has 1 N–H and O–H groups in total. The summed E-state index contributed by atoms with van der Waals surface area (Å²) < 4.78 is 6.61. The van der Waals surface area contributed by atoms with Crippen LogP contribution in [0.25, 0.3) is 11.3 Å². The van der Waals surface area contributed by atoms with Gasteiger partial charge in [0.2, 0.25) is 0 Å². The van der Waals surface area contributed by atoms with E-state index >= 15 is 0 Å². The van der Waals surface area contributed by atoms with Gasteiger partial charge in [-0.15, -0.1) is 0 Å². The normalized spacial score (nSPS) is 26.2. The van der Waals surface area contributed by atoms with Crippen LogP contribution in [0.3, 0.4) is 0 Å². The third-order valence-corrected chi connectivity index (χ3v) is 5.27. The van der Waals surface area contributed by atoms with Crippen LogP contribution in [-0.4, -0.2) is 41.5 Å². The zero-order chi connectivity index (χ0) is 15.8. The molecule has 0 aliphatic carbocycles. The first kappa shape index (κ1) is 14.9. The number of hydrogen-bond donors (Lipinski definition) is 1. The van der Waals surface area contributed by atoms with Crippen molar-refractivity contribution in [2.24, 2.45) is 5.92 Å². The van der Waals surface area contributed by atoms with Gasteiger partial charge in [-0.2, -0.15) is 0 Å². The number of rotatable bonds is 3. The number of benzene rings is 1. The van der Waals surface area contributed by atoms with Gasteiger partial charge < -0.3 is 14.6 Å². The number of carbonyl (C=O) groups is 1. The molecule has 5 nitrogen and oxygen atoms in total. The van der Waals surface area contributed by atoms with E-state index in [1.54, 1.807) is 6.20 Å². The van der Waals surface area contributed by atoms with Gasteiger partial charge in [-0.05, 0) is 44.0 Å². The number of nitrogens with zero attached hydrogens (tertiary/aromatic N) is 2. The fraction of sp³-hybridized carbons (Fsp3) is 0.412.